The van der Waals surface area contributed by atoms with Crippen molar-refractivity contribution in [1.29, 1.82) is 0 Å². The zero-order valence-corrected chi connectivity index (χ0v) is 10.6. The van der Waals surface area contributed by atoms with Crippen molar-refractivity contribution in [2.45, 2.75) is 18.5 Å². The lowest BCUT2D eigenvalue weighted by Gasteiger charge is -2.30. The molecule has 2 aliphatic heterocycles. The van der Waals surface area contributed by atoms with Crippen LogP contribution in [0, 0.1) is 0 Å². The smallest absolute Gasteiger partial charge is 0.277 e. The van der Waals surface area contributed by atoms with E-state index in [0.29, 0.717) is 18.7 Å². The van der Waals surface area contributed by atoms with Crippen LogP contribution in [0.3, 0.4) is 0 Å². The van der Waals surface area contributed by atoms with Gasteiger partial charge in [-0.25, -0.2) is 4.99 Å². The predicted molar refractivity (Wildman–Crippen MR) is 68.2 cm³/mol. The number of hydrogen-bond acceptors (Lipinski definition) is 4. The summed E-state index contributed by atoms with van der Waals surface area (Å²) in [5.74, 6) is -0.290. The molecule has 1 aromatic heterocycles. The molecule has 3 rings (SSSR count). The first-order valence-electron chi connectivity index (χ1n) is 6.15. The van der Waals surface area contributed by atoms with Crippen molar-refractivity contribution in [3.05, 3.63) is 24.0 Å². The van der Waals surface area contributed by atoms with E-state index >= 15 is 0 Å². The van der Waals surface area contributed by atoms with Gasteiger partial charge in [-0.2, -0.15) is 0 Å². The normalized spacial score (nSPS) is 26.4. The average molecular weight is 261 g/mol. The highest BCUT2D eigenvalue weighted by atomic mass is 16.2. The monoisotopic (exact) mass is 261 g/mol. The second-order valence-corrected chi connectivity index (χ2v) is 4.79. The van der Waals surface area contributed by atoms with Crippen LogP contribution >= 0.6 is 0 Å². The van der Waals surface area contributed by atoms with Gasteiger partial charge >= 0.3 is 0 Å². The van der Waals surface area contributed by atoms with Crippen LogP contribution in [0.5, 0.6) is 0 Å². The summed E-state index contributed by atoms with van der Waals surface area (Å²) in [4.78, 5) is 34.7. The molecule has 7 heteroatoms. The van der Waals surface area contributed by atoms with Gasteiger partial charge in [0.05, 0.1) is 0 Å². The van der Waals surface area contributed by atoms with Crippen LogP contribution in [0.2, 0.25) is 0 Å². The zero-order chi connectivity index (χ0) is 13.6. The number of likely N-dealkylation sites (N-methyl/N-ethyl adjacent to an activating group) is 1. The highest BCUT2D eigenvalue weighted by Crippen LogP contribution is 2.36. The fourth-order valence-corrected chi connectivity index (χ4v) is 2.71. The third-order valence-corrected chi connectivity index (χ3v) is 3.72. The Balaban J connectivity index is 1.99. The minimum absolute atomic E-state index is 0.163. The lowest BCUT2D eigenvalue weighted by Crippen LogP contribution is -2.52. The second-order valence-electron chi connectivity index (χ2n) is 4.79. The zero-order valence-electron chi connectivity index (χ0n) is 10.6. The molecule has 0 saturated carbocycles. The van der Waals surface area contributed by atoms with E-state index in [1.165, 1.54) is 9.80 Å². The molecular formula is C12H15N5O2. The number of likely N-dealkylation sites (tertiary alicyclic amines) is 1. The Bertz CT molecular complexity index is 565. The predicted octanol–water partition coefficient (Wildman–Crippen LogP) is -0.266. The molecule has 1 unspecified atom stereocenters. The summed E-state index contributed by atoms with van der Waals surface area (Å²) in [5, 5.41) is 0. The van der Waals surface area contributed by atoms with Gasteiger partial charge in [0, 0.05) is 26.2 Å². The van der Waals surface area contributed by atoms with Gasteiger partial charge in [0.25, 0.3) is 11.8 Å². The third kappa shape index (κ3) is 1.47. The molecule has 19 heavy (non-hydrogen) atoms. The molecule has 1 saturated heterocycles. The fourth-order valence-electron chi connectivity index (χ4n) is 2.71. The SMILES string of the molecule is CN1C(=O)C2(CCCN2C(=O)c2ccc[nH]2)N=C1N. The van der Waals surface area contributed by atoms with Crippen LogP contribution < -0.4 is 5.73 Å². The van der Waals surface area contributed by atoms with E-state index in [1.54, 1.807) is 25.4 Å². The van der Waals surface area contributed by atoms with Crippen molar-refractivity contribution < 1.29 is 9.59 Å². The van der Waals surface area contributed by atoms with Crippen molar-refractivity contribution in [3.63, 3.8) is 0 Å². The summed E-state index contributed by atoms with van der Waals surface area (Å²) in [7, 11) is 1.57. The van der Waals surface area contributed by atoms with E-state index < -0.39 is 5.66 Å². The summed E-state index contributed by atoms with van der Waals surface area (Å²) in [5.41, 5.74) is 5.03. The molecule has 1 spiro atoms. The Hall–Kier alpha value is -2.31. The van der Waals surface area contributed by atoms with Crippen LogP contribution in [-0.4, -0.2) is 51.8 Å². The molecule has 3 N–H and O–H groups in total. The topological polar surface area (TPSA) is 94.8 Å². The van der Waals surface area contributed by atoms with Crippen molar-refractivity contribution in [3.8, 4) is 0 Å². The van der Waals surface area contributed by atoms with Crippen molar-refractivity contribution in [2.24, 2.45) is 10.7 Å². The quantitative estimate of drug-likeness (QED) is 0.728. The molecule has 0 aromatic carbocycles. The fraction of sp³-hybridized carbons (Fsp3) is 0.417. The standard InChI is InChI=1S/C12H15N5O2/c1-16-10(19)12(15-11(16)13)5-3-7-17(12)9(18)8-4-2-6-14-8/h2,4,6,14H,3,5,7H2,1H3,(H2,13,15). The van der Waals surface area contributed by atoms with E-state index in [0.717, 1.165) is 6.42 Å². The number of aliphatic imine (C=N–C) groups is 1. The molecule has 1 atom stereocenters. The number of rotatable bonds is 1. The Kier molecular flexibility index (Phi) is 2.38. The van der Waals surface area contributed by atoms with Crippen LogP contribution in [0.15, 0.2) is 23.3 Å². The van der Waals surface area contributed by atoms with Crippen molar-refractivity contribution >= 4 is 17.8 Å². The molecule has 1 fully saturated rings. The molecule has 2 amide bonds. The van der Waals surface area contributed by atoms with Gasteiger partial charge in [0.1, 0.15) is 5.69 Å². The highest BCUT2D eigenvalue weighted by molar-refractivity contribution is 6.09. The summed E-state index contributed by atoms with van der Waals surface area (Å²) in [6.45, 7) is 0.508. The first-order valence-corrected chi connectivity index (χ1v) is 6.15. The molecule has 0 aliphatic carbocycles. The molecule has 1 aromatic rings. The summed E-state index contributed by atoms with van der Waals surface area (Å²) < 4.78 is 0. The average Bonchev–Trinajstić information content (AvgIpc) is 3.09. The minimum Gasteiger partial charge on any atom is -0.369 e. The molecule has 2 aliphatic rings. The summed E-state index contributed by atoms with van der Waals surface area (Å²) in [6.07, 6.45) is 2.93. The van der Waals surface area contributed by atoms with E-state index in [4.69, 9.17) is 5.73 Å². The van der Waals surface area contributed by atoms with Gasteiger partial charge in [-0.3, -0.25) is 14.5 Å². The number of nitrogens with two attached hydrogens (primary N) is 1. The molecule has 3 heterocycles. The Morgan fingerprint density at radius 2 is 2.37 bits per heavy atom. The van der Waals surface area contributed by atoms with Gasteiger partial charge in [-0.1, -0.05) is 0 Å². The second kappa shape index (κ2) is 3.84. The number of H-pyrrole nitrogens is 1. The van der Waals surface area contributed by atoms with Gasteiger partial charge in [0.15, 0.2) is 0 Å². The number of hydrogen-bond donors (Lipinski definition) is 2. The van der Waals surface area contributed by atoms with Gasteiger partial charge in [-0.05, 0) is 18.6 Å². The molecule has 0 radical (unpaired) electrons. The maximum absolute atomic E-state index is 12.4. The summed E-state index contributed by atoms with van der Waals surface area (Å²) >= 11 is 0. The molecular weight excluding hydrogens is 246 g/mol. The van der Waals surface area contributed by atoms with Crippen LogP contribution in [0.1, 0.15) is 23.3 Å². The number of carbonyl (C=O) groups excluding carboxylic acids is 2. The lowest BCUT2D eigenvalue weighted by molar-refractivity contribution is -0.134. The Morgan fingerprint density at radius 3 is 2.95 bits per heavy atom. The van der Waals surface area contributed by atoms with Crippen LogP contribution in [0.4, 0.5) is 0 Å². The number of aromatic nitrogens is 1. The van der Waals surface area contributed by atoms with Crippen LogP contribution in [0.25, 0.3) is 0 Å². The maximum Gasteiger partial charge on any atom is 0.277 e. The minimum atomic E-state index is -1.14. The third-order valence-electron chi connectivity index (χ3n) is 3.72. The first-order chi connectivity index (χ1) is 9.06. The number of nitrogens with zero attached hydrogens (tertiary/aromatic N) is 3. The Morgan fingerprint density at radius 1 is 1.58 bits per heavy atom. The van der Waals surface area contributed by atoms with E-state index in [2.05, 4.69) is 9.98 Å². The highest BCUT2D eigenvalue weighted by Gasteiger charge is 2.55. The van der Waals surface area contributed by atoms with Gasteiger partial charge in [-0.15, -0.1) is 0 Å². The van der Waals surface area contributed by atoms with Crippen molar-refractivity contribution in [2.75, 3.05) is 13.6 Å². The maximum atomic E-state index is 12.4. The van der Waals surface area contributed by atoms with E-state index in [-0.39, 0.29) is 17.8 Å². The molecule has 100 valence electrons. The van der Waals surface area contributed by atoms with E-state index in [1.807, 2.05) is 0 Å². The first kappa shape index (κ1) is 11.8. The number of guanidine groups is 1. The number of aromatic amines is 1. The lowest BCUT2D eigenvalue weighted by atomic mass is 10.1. The summed E-state index contributed by atoms with van der Waals surface area (Å²) in [6, 6.07) is 3.43. The van der Waals surface area contributed by atoms with Crippen LogP contribution in [-0.2, 0) is 4.79 Å². The number of amides is 2. The molecule has 7 nitrogen and oxygen atoms in total. The number of carbonyl (C=O) groups is 2. The Labute approximate surface area is 110 Å². The largest absolute Gasteiger partial charge is 0.369 e. The van der Waals surface area contributed by atoms with Gasteiger partial charge in [0.2, 0.25) is 11.6 Å². The van der Waals surface area contributed by atoms with Crippen molar-refractivity contribution in [1.82, 2.24) is 14.8 Å². The van der Waals surface area contributed by atoms with Gasteiger partial charge < -0.3 is 15.6 Å². The molecule has 0 bridgehead atoms. The van der Waals surface area contributed by atoms with E-state index in [9.17, 15) is 9.59 Å². The number of nitrogens with one attached hydrogen (secondary N) is 1.